The summed E-state index contributed by atoms with van der Waals surface area (Å²) >= 11 is 0. The van der Waals surface area contributed by atoms with E-state index in [9.17, 15) is 0 Å². The number of carboxylic acids is 1. The fraction of sp³-hybridized carbons (Fsp3) is 0.875. The van der Waals surface area contributed by atoms with Crippen molar-refractivity contribution in [3.8, 4) is 0 Å². The third kappa shape index (κ3) is 18.9. The minimum Gasteiger partial charge on any atom is -0.481 e. The lowest BCUT2D eigenvalue weighted by atomic mass is 10.4. The smallest absolute Gasteiger partial charge is 0.300 e. The van der Waals surface area contributed by atoms with E-state index < -0.39 is 31.4 Å². The maximum Gasteiger partial charge on any atom is 0.300 e. The van der Waals surface area contributed by atoms with Gasteiger partial charge in [-0.3, -0.25) is 4.79 Å². The van der Waals surface area contributed by atoms with Crippen LogP contribution in [0.15, 0.2) is 0 Å². The zero-order valence-corrected chi connectivity index (χ0v) is 8.94. The van der Waals surface area contributed by atoms with Crippen LogP contribution in [0.2, 0.25) is 0 Å². The summed E-state index contributed by atoms with van der Waals surface area (Å²) in [4.78, 5) is 17.8. The lowest BCUT2D eigenvalue weighted by molar-refractivity contribution is -0.316. The monoisotopic (exact) mass is 242 g/mol. The molecule has 5 N–H and O–H groups in total. The molecule has 0 bridgehead atoms. The highest BCUT2D eigenvalue weighted by atomic mass is 17.2. The molecule has 0 rings (SSSR count). The Bertz CT molecular complexity index is 146. The van der Waals surface area contributed by atoms with Crippen molar-refractivity contribution in [1.82, 2.24) is 0 Å². The third-order valence-corrected chi connectivity index (χ3v) is 1.03. The van der Waals surface area contributed by atoms with Crippen LogP contribution < -0.4 is 0 Å². The van der Waals surface area contributed by atoms with Crippen LogP contribution in [-0.4, -0.2) is 70.1 Å². The second kappa shape index (κ2) is 12.3. The first kappa shape index (κ1) is 17.6. The fourth-order valence-electron chi connectivity index (χ4n) is 0.359. The SMILES string of the molecule is CC(=O)O.OCC(O)COOCC(O)CO. The quantitative estimate of drug-likeness (QED) is 0.191. The van der Waals surface area contributed by atoms with E-state index in [1.807, 2.05) is 0 Å². The van der Waals surface area contributed by atoms with Gasteiger partial charge in [0.2, 0.25) is 0 Å². The van der Waals surface area contributed by atoms with Gasteiger partial charge in [0.1, 0.15) is 25.4 Å². The van der Waals surface area contributed by atoms with E-state index in [0.29, 0.717) is 0 Å². The molecule has 0 aromatic rings. The molecule has 0 aliphatic heterocycles. The highest BCUT2D eigenvalue weighted by Crippen LogP contribution is 1.88. The molecule has 0 aliphatic rings. The Morgan fingerprint density at radius 2 is 1.31 bits per heavy atom. The molecular weight excluding hydrogens is 224 g/mol. The van der Waals surface area contributed by atoms with E-state index in [2.05, 4.69) is 9.78 Å². The molecule has 98 valence electrons. The summed E-state index contributed by atoms with van der Waals surface area (Å²) in [5, 5.41) is 41.5. The number of aliphatic carboxylic acids is 1. The van der Waals surface area contributed by atoms with Gasteiger partial charge in [0.25, 0.3) is 5.97 Å². The van der Waals surface area contributed by atoms with Gasteiger partial charge in [-0.25, -0.2) is 9.78 Å². The lowest BCUT2D eigenvalue weighted by Crippen LogP contribution is -2.23. The van der Waals surface area contributed by atoms with Gasteiger partial charge in [0.15, 0.2) is 0 Å². The van der Waals surface area contributed by atoms with Crippen molar-refractivity contribution in [2.24, 2.45) is 0 Å². The lowest BCUT2D eigenvalue weighted by Gasteiger charge is -2.09. The summed E-state index contributed by atoms with van der Waals surface area (Å²) in [6.45, 7) is -0.0822. The van der Waals surface area contributed by atoms with Crippen molar-refractivity contribution in [1.29, 1.82) is 0 Å². The summed E-state index contributed by atoms with van der Waals surface area (Å²) in [5.74, 6) is -0.833. The van der Waals surface area contributed by atoms with Crippen LogP contribution in [0.4, 0.5) is 0 Å². The molecule has 8 heteroatoms. The number of hydrogen-bond acceptors (Lipinski definition) is 7. The second-order valence-corrected chi connectivity index (χ2v) is 2.76. The number of carboxylic acid groups (broad SMARTS) is 1. The normalized spacial score (nSPS) is 13.6. The van der Waals surface area contributed by atoms with Crippen LogP contribution >= 0.6 is 0 Å². The van der Waals surface area contributed by atoms with Gasteiger partial charge in [-0.1, -0.05) is 0 Å². The van der Waals surface area contributed by atoms with Gasteiger partial charge in [0.05, 0.1) is 13.2 Å². The van der Waals surface area contributed by atoms with Crippen LogP contribution in [0.3, 0.4) is 0 Å². The van der Waals surface area contributed by atoms with E-state index in [0.717, 1.165) is 6.92 Å². The first-order valence-corrected chi connectivity index (χ1v) is 4.45. The van der Waals surface area contributed by atoms with Crippen molar-refractivity contribution < 1.29 is 40.1 Å². The Morgan fingerprint density at radius 1 is 1.06 bits per heavy atom. The Morgan fingerprint density at radius 3 is 1.50 bits per heavy atom. The number of hydrogen-bond donors (Lipinski definition) is 5. The van der Waals surface area contributed by atoms with Crippen molar-refractivity contribution in [3.63, 3.8) is 0 Å². The second-order valence-electron chi connectivity index (χ2n) is 2.76. The average molecular weight is 242 g/mol. The molecule has 16 heavy (non-hydrogen) atoms. The molecule has 0 heterocycles. The zero-order chi connectivity index (χ0) is 13.0. The van der Waals surface area contributed by atoms with Gasteiger partial charge < -0.3 is 25.5 Å². The highest BCUT2D eigenvalue weighted by molar-refractivity contribution is 5.62. The summed E-state index contributed by atoms with van der Waals surface area (Å²) in [6.07, 6.45) is -1.98. The van der Waals surface area contributed by atoms with E-state index in [4.69, 9.17) is 30.3 Å². The number of aliphatic hydroxyl groups excluding tert-OH is 4. The molecule has 2 atom stereocenters. The molecule has 0 aromatic heterocycles. The van der Waals surface area contributed by atoms with Crippen LogP contribution in [-0.2, 0) is 14.6 Å². The van der Waals surface area contributed by atoms with E-state index in [1.165, 1.54) is 0 Å². The molecule has 0 aromatic carbocycles. The first-order chi connectivity index (χ1) is 7.43. The standard InChI is InChI=1S/C6H14O6.C2H4O2/c7-1-5(9)3-11-12-4-6(10)2-8;1-2(3)4/h5-10H,1-4H2;1H3,(H,3,4). The highest BCUT2D eigenvalue weighted by Gasteiger charge is 2.04. The predicted molar refractivity (Wildman–Crippen MR) is 51.4 cm³/mol. The van der Waals surface area contributed by atoms with Crippen molar-refractivity contribution in [3.05, 3.63) is 0 Å². The molecule has 8 nitrogen and oxygen atoms in total. The van der Waals surface area contributed by atoms with Crippen molar-refractivity contribution in [2.45, 2.75) is 19.1 Å². The Hall–Kier alpha value is -0.770. The molecule has 0 saturated heterocycles. The average Bonchev–Trinajstić information content (AvgIpc) is 2.22. The van der Waals surface area contributed by atoms with E-state index >= 15 is 0 Å². The van der Waals surface area contributed by atoms with E-state index in [-0.39, 0.29) is 13.2 Å². The number of carbonyl (C=O) groups is 1. The van der Waals surface area contributed by atoms with Gasteiger partial charge >= 0.3 is 0 Å². The first-order valence-electron chi connectivity index (χ1n) is 4.45. The molecule has 0 radical (unpaired) electrons. The summed E-state index contributed by atoms with van der Waals surface area (Å²) in [6, 6.07) is 0. The van der Waals surface area contributed by atoms with Crippen LogP contribution in [0.1, 0.15) is 6.92 Å². The number of aliphatic hydroxyl groups is 4. The van der Waals surface area contributed by atoms with Gasteiger partial charge in [-0.15, -0.1) is 0 Å². The molecular formula is C8H18O8. The maximum absolute atomic E-state index is 9.00. The summed E-state index contributed by atoms with van der Waals surface area (Å²) in [7, 11) is 0. The molecule has 0 aliphatic carbocycles. The molecule has 0 saturated carbocycles. The molecule has 0 amide bonds. The minimum atomic E-state index is -0.990. The van der Waals surface area contributed by atoms with Gasteiger partial charge in [-0.05, 0) is 0 Å². The summed E-state index contributed by atoms with van der Waals surface area (Å²) in [5.41, 5.74) is 0. The van der Waals surface area contributed by atoms with Gasteiger partial charge in [0, 0.05) is 6.92 Å². The Labute approximate surface area is 92.6 Å². The van der Waals surface area contributed by atoms with Crippen molar-refractivity contribution in [2.75, 3.05) is 26.4 Å². The Kier molecular flexibility index (Phi) is 13.5. The maximum atomic E-state index is 9.00. The van der Waals surface area contributed by atoms with Crippen LogP contribution in [0.25, 0.3) is 0 Å². The number of rotatable bonds is 7. The largest absolute Gasteiger partial charge is 0.481 e. The zero-order valence-electron chi connectivity index (χ0n) is 8.94. The molecule has 0 fully saturated rings. The molecule has 0 spiro atoms. The van der Waals surface area contributed by atoms with E-state index in [1.54, 1.807) is 0 Å². The third-order valence-electron chi connectivity index (χ3n) is 1.03. The minimum absolute atomic E-state index is 0.172. The Balaban J connectivity index is 0. The topological polar surface area (TPSA) is 137 Å². The van der Waals surface area contributed by atoms with Gasteiger partial charge in [-0.2, -0.15) is 0 Å². The van der Waals surface area contributed by atoms with Crippen LogP contribution in [0.5, 0.6) is 0 Å². The molecule has 2 unspecified atom stereocenters. The predicted octanol–water partition coefficient (Wildman–Crippen LogP) is -2.27. The summed E-state index contributed by atoms with van der Waals surface area (Å²) < 4.78 is 0. The van der Waals surface area contributed by atoms with Crippen LogP contribution in [0, 0.1) is 0 Å². The fourth-order valence-corrected chi connectivity index (χ4v) is 0.359. The van der Waals surface area contributed by atoms with Crippen molar-refractivity contribution >= 4 is 5.97 Å².